The molecule has 0 spiro atoms. The number of nitrogens with zero attached hydrogens (tertiary/aromatic N) is 3. The topological polar surface area (TPSA) is 126 Å². The van der Waals surface area contributed by atoms with Gasteiger partial charge < -0.3 is 4.74 Å². The average Bonchev–Trinajstić information content (AvgIpc) is 2.53. The van der Waals surface area contributed by atoms with Crippen LogP contribution < -0.4 is 0 Å². The lowest BCUT2D eigenvalue weighted by molar-refractivity contribution is -0.144. The van der Waals surface area contributed by atoms with Crippen molar-refractivity contribution in [3.05, 3.63) is 45.8 Å². The van der Waals surface area contributed by atoms with Crippen LogP contribution in [-0.2, 0) is 37.2 Å². The second-order valence-electron chi connectivity index (χ2n) is 5.73. The number of rotatable bonds is 10. The Morgan fingerprint density at radius 3 is 2.40 bits per heavy atom. The predicted molar refractivity (Wildman–Crippen MR) is 92.5 cm³/mol. The van der Waals surface area contributed by atoms with E-state index in [1.54, 1.807) is 31.2 Å². The highest BCUT2D eigenvalue weighted by molar-refractivity contribution is 7.90. The van der Waals surface area contributed by atoms with Gasteiger partial charge in [-0.2, -0.15) is 0 Å². The zero-order chi connectivity index (χ0) is 18.9. The van der Waals surface area contributed by atoms with Crippen LogP contribution in [0.5, 0.6) is 0 Å². The molecule has 1 rings (SSSR count). The summed E-state index contributed by atoms with van der Waals surface area (Å²) < 4.78 is 27.0. The Bertz CT molecular complexity index is 752. The van der Waals surface area contributed by atoms with Gasteiger partial charge in [0.05, 0.1) is 11.8 Å². The molecule has 0 aromatic heterocycles. The summed E-state index contributed by atoms with van der Waals surface area (Å²) in [7, 11) is -3.07. The third kappa shape index (κ3) is 8.88. The van der Waals surface area contributed by atoms with Gasteiger partial charge in [0.25, 0.3) is 0 Å². The maximum Gasteiger partial charge on any atom is 0.306 e. The number of hydrogen-bond acceptors (Lipinski definition) is 6. The lowest BCUT2D eigenvalue weighted by atomic mass is 10.0. The van der Waals surface area contributed by atoms with E-state index < -0.39 is 21.8 Å². The molecule has 25 heavy (non-hydrogen) atoms. The number of benzene rings is 1. The number of ether oxygens (including phenoxy) is 1. The fraction of sp³-hybridized carbons (Fsp3) is 0.500. The molecule has 1 aromatic carbocycles. The number of ketones is 1. The summed E-state index contributed by atoms with van der Waals surface area (Å²) in [6.45, 7) is 1.63. The van der Waals surface area contributed by atoms with Crippen LogP contribution >= 0.6 is 0 Å². The Morgan fingerprint density at radius 2 is 1.84 bits per heavy atom. The third-order valence-electron chi connectivity index (χ3n) is 3.39. The molecule has 1 aromatic rings. The molecule has 0 fully saturated rings. The number of carbonyl (C=O) groups excluding carboxylic acids is 2. The van der Waals surface area contributed by atoms with E-state index in [1.165, 1.54) is 0 Å². The molecular weight excluding hydrogens is 346 g/mol. The van der Waals surface area contributed by atoms with E-state index in [4.69, 9.17) is 10.3 Å². The second kappa shape index (κ2) is 9.80. The molecule has 136 valence electrons. The Morgan fingerprint density at radius 1 is 1.24 bits per heavy atom. The summed E-state index contributed by atoms with van der Waals surface area (Å²) in [6.07, 6.45) is 1.57. The highest BCUT2D eigenvalue weighted by Crippen LogP contribution is 2.09. The largest absolute Gasteiger partial charge is 0.461 e. The van der Waals surface area contributed by atoms with E-state index in [2.05, 4.69) is 10.0 Å². The predicted octanol–water partition coefficient (Wildman–Crippen LogP) is 2.37. The van der Waals surface area contributed by atoms with Crippen molar-refractivity contribution in [2.24, 2.45) is 5.11 Å². The summed E-state index contributed by atoms with van der Waals surface area (Å²) in [4.78, 5) is 26.0. The van der Waals surface area contributed by atoms with Crippen molar-refractivity contribution in [1.29, 1.82) is 0 Å². The highest BCUT2D eigenvalue weighted by Gasteiger charge is 2.12. The minimum Gasteiger partial charge on any atom is -0.461 e. The molecule has 0 unspecified atom stereocenters. The standard InChI is InChI=1S/C16H21N3O5S/c1-12(18-19-17)15(20)10-13-5-7-14(8-6-13)11-24-16(21)4-3-9-25(2,22)23/h5-8,12H,3-4,9-11H2,1-2H3/t12-/m0/s1. The van der Waals surface area contributed by atoms with Crippen LogP contribution in [0, 0.1) is 0 Å². The van der Waals surface area contributed by atoms with E-state index in [0.717, 1.165) is 17.4 Å². The van der Waals surface area contributed by atoms with Crippen LogP contribution in [0.1, 0.15) is 30.9 Å². The van der Waals surface area contributed by atoms with Gasteiger partial charge in [-0.15, -0.1) is 0 Å². The second-order valence-corrected chi connectivity index (χ2v) is 7.99. The van der Waals surface area contributed by atoms with Crippen LogP contribution in [0.3, 0.4) is 0 Å². The first kappa shape index (κ1) is 20.7. The fourth-order valence-electron chi connectivity index (χ4n) is 1.96. The maximum absolute atomic E-state index is 11.8. The minimum absolute atomic E-state index is 0.0426. The first-order valence-electron chi connectivity index (χ1n) is 7.69. The first-order valence-corrected chi connectivity index (χ1v) is 9.75. The maximum atomic E-state index is 11.8. The van der Waals surface area contributed by atoms with E-state index in [9.17, 15) is 18.0 Å². The van der Waals surface area contributed by atoms with E-state index in [-0.39, 0.29) is 37.4 Å². The van der Waals surface area contributed by atoms with Gasteiger partial charge >= 0.3 is 5.97 Å². The van der Waals surface area contributed by atoms with Crippen molar-refractivity contribution in [1.82, 2.24) is 0 Å². The summed E-state index contributed by atoms with van der Waals surface area (Å²) in [5.74, 6) is -0.673. The van der Waals surface area contributed by atoms with Gasteiger partial charge in [-0.3, -0.25) is 9.59 Å². The normalized spacial score (nSPS) is 12.1. The van der Waals surface area contributed by atoms with Gasteiger partial charge in [0, 0.05) is 24.0 Å². The Kier molecular flexibility index (Phi) is 8.10. The molecule has 0 N–H and O–H groups in total. The fourth-order valence-corrected chi connectivity index (χ4v) is 2.63. The number of esters is 1. The Balaban J connectivity index is 2.42. The van der Waals surface area contributed by atoms with E-state index in [1.807, 2.05) is 0 Å². The summed E-state index contributed by atoms with van der Waals surface area (Å²) >= 11 is 0. The van der Waals surface area contributed by atoms with Crippen molar-refractivity contribution >= 4 is 21.6 Å². The van der Waals surface area contributed by atoms with E-state index >= 15 is 0 Å². The summed E-state index contributed by atoms with van der Waals surface area (Å²) in [6, 6.07) is 6.26. The van der Waals surface area contributed by atoms with Crippen LogP contribution in [0.25, 0.3) is 10.4 Å². The molecule has 0 saturated heterocycles. The van der Waals surface area contributed by atoms with E-state index in [0.29, 0.717) is 0 Å². The van der Waals surface area contributed by atoms with Gasteiger partial charge in [-0.25, -0.2) is 8.42 Å². The number of Topliss-reactive ketones (excluding diaryl/α,β-unsaturated/α-hetero) is 1. The molecule has 9 heteroatoms. The quantitative estimate of drug-likeness (QED) is 0.271. The molecule has 0 aliphatic carbocycles. The number of carbonyl (C=O) groups is 2. The smallest absolute Gasteiger partial charge is 0.306 e. The van der Waals surface area contributed by atoms with Crippen molar-refractivity contribution in [3.8, 4) is 0 Å². The molecule has 0 amide bonds. The van der Waals surface area contributed by atoms with Crippen LogP contribution in [0.4, 0.5) is 0 Å². The number of sulfone groups is 1. The van der Waals surface area contributed by atoms with Gasteiger partial charge in [-0.1, -0.05) is 29.4 Å². The molecule has 1 atom stereocenters. The van der Waals surface area contributed by atoms with Crippen LogP contribution in [0.15, 0.2) is 29.4 Å². The highest BCUT2D eigenvalue weighted by atomic mass is 32.2. The Labute approximate surface area is 146 Å². The molecule has 0 aliphatic heterocycles. The monoisotopic (exact) mass is 367 g/mol. The molecule has 0 aliphatic rings. The van der Waals surface area contributed by atoms with Crippen molar-refractivity contribution < 1.29 is 22.7 Å². The van der Waals surface area contributed by atoms with Gasteiger partial charge in [0.1, 0.15) is 22.2 Å². The molecule has 8 nitrogen and oxygen atoms in total. The molecule has 0 radical (unpaired) electrons. The minimum atomic E-state index is -3.07. The molecule has 0 bridgehead atoms. The summed E-state index contributed by atoms with van der Waals surface area (Å²) in [5.41, 5.74) is 9.85. The van der Waals surface area contributed by atoms with Crippen molar-refractivity contribution in [3.63, 3.8) is 0 Å². The van der Waals surface area contributed by atoms with Gasteiger partial charge in [0.15, 0.2) is 0 Å². The number of azide groups is 1. The van der Waals surface area contributed by atoms with Gasteiger partial charge in [-0.05, 0) is 30.0 Å². The van der Waals surface area contributed by atoms with Gasteiger partial charge in [0.2, 0.25) is 0 Å². The Hall–Kier alpha value is -2.38. The summed E-state index contributed by atoms with van der Waals surface area (Å²) in [5, 5.41) is 3.36. The van der Waals surface area contributed by atoms with Crippen molar-refractivity contribution in [2.75, 3.05) is 12.0 Å². The van der Waals surface area contributed by atoms with Crippen LogP contribution in [-0.4, -0.2) is 38.2 Å². The SMILES string of the molecule is C[C@H](N=[N+]=[N-])C(=O)Cc1ccc(COC(=O)CCCS(C)(=O)=O)cc1. The van der Waals surface area contributed by atoms with Crippen molar-refractivity contribution in [2.45, 2.75) is 38.8 Å². The first-order chi connectivity index (χ1) is 11.7. The molecular formula is C16H21N3O5S. The molecule has 0 heterocycles. The average molecular weight is 367 g/mol. The third-order valence-corrected chi connectivity index (χ3v) is 4.42. The zero-order valence-corrected chi connectivity index (χ0v) is 15.0. The van der Waals surface area contributed by atoms with Crippen LogP contribution in [0.2, 0.25) is 0 Å². The lowest BCUT2D eigenvalue weighted by Crippen LogP contribution is -2.16. The lowest BCUT2D eigenvalue weighted by Gasteiger charge is -2.07. The molecule has 0 saturated carbocycles. The zero-order valence-electron chi connectivity index (χ0n) is 14.2. The number of hydrogen-bond donors (Lipinski definition) is 0.